The Morgan fingerprint density at radius 3 is 1.50 bits per heavy atom. The summed E-state index contributed by atoms with van der Waals surface area (Å²) in [6, 6.07) is 6.33. The average Bonchev–Trinajstić information content (AvgIpc) is 2.27. The molecule has 0 fully saturated rings. The molecule has 1 aromatic rings. The van der Waals surface area contributed by atoms with Crippen molar-refractivity contribution in [3.8, 4) is 0 Å². The Bertz CT molecular complexity index is 333. The molecule has 0 atom stereocenters. The molecule has 78 valence electrons. The van der Waals surface area contributed by atoms with Crippen LogP contribution in [0.3, 0.4) is 0 Å². The summed E-state index contributed by atoms with van der Waals surface area (Å²) < 4.78 is 9.05. The minimum absolute atomic E-state index is 0. The molecule has 4 nitrogen and oxygen atoms in total. The predicted molar refractivity (Wildman–Crippen MR) is 54.9 cm³/mol. The van der Waals surface area contributed by atoms with Crippen LogP contribution >= 0.6 is 0 Å². The molecule has 16 heavy (non-hydrogen) atoms. The van der Waals surface area contributed by atoms with E-state index in [0.29, 0.717) is 0 Å². The summed E-state index contributed by atoms with van der Waals surface area (Å²) in [7, 11) is 2.52. The van der Waals surface area contributed by atoms with Gasteiger partial charge in [0.05, 0.1) is 25.3 Å². The third-order valence-corrected chi connectivity index (χ3v) is 1.74. The van der Waals surface area contributed by atoms with E-state index in [-0.39, 0.29) is 47.3 Å². The van der Waals surface area contributed by atoms with Crippen LogP contribution in [0.4, 0.5) is 0 Å². The Labute approximate surface area is 117 Å². The Morgan fingerprint density at radius 2 is 1.25 bits per heavy atom. The van der Waals surface area contributed by atoms with E-state index in [9.17, 15) is 9.59 Å². The second kappa shape index (κ2) is 8.44. The minimum Gasteiger partial charge on any atom is -1.00 e. The van der Waals surface area contributed by atoms with Crippen molar-refractivity contribution in [2.24, 2.45) is 0 Å². The normalized spacial score (nSPS) is 8.12. The topological polar surface area (TPSA) is 52.6 Å². The summed E-state index contributed by atoms with van der Waals surface area (Å²) in [5.41, 5.74) is 0.420. The van der Waals surface area contributed by atoms with Crippen LogP contribution in [0.2, 0.25) is 0 Å². The van der Waals surface area contributed by atoms with Crippen LogP contribution in [-0.4, -0.2) is 43.5 Å². The maximum atomic E-state index is 11.2. The molecule has 0 spiro atoms. The summed E-state index contributed by atoms with van der Waals surface area (Å²) in [5.74, 6) is -1.10. The number of rotatable bonds is 2. The quantitative estimate of drug-likeness (QED) is 0.429. The van der Waals surface area contributed by atoms with Gasteiger partial charge in [-0.1, -0.05) is 12.1 Å². The summed E-state index contributed by atoms with van der Waals surface area (Å²) >= 11 is 0. The van der Waals surface area contributed by atoms with Crippen molar-refractivity contribution in [1.29, 1.82) is 0 Å². The zero-order valence-electron chi connectivity index (χ0n) is 9.52. The van der Waals surface area contributed by atoms with Crippen LogP contribution in [-0.2, 0) is 9.47 Å². The number of benzene rings is 1. The van der Waals surface area contributed by atoms with Crippen molar-refractivity contribution >= 4 is 29.3 Å². The standard InChI is InChI=1S/C10H10O4.Al.Li/c1-13-9(11)7-5-3-4-6-8(7)10(12)14-2;;/h3-6H,1-2H3;;/q;-1;+1. The zero-order valence-corrected chi connectivity index (χ0v) is 10.7. The molecule has 0 bridgehead atoms. The summed E-state index contributed by atoms with van der Waals surface area (Å²) in [4.78, 5) is 22.4. The molecule has 0 unspecified atom stereocenters. The second-order valence-electron chi connectivity index (χ2n) is 2.53. The fourth-order valence-corrected chi connectivity index (χ4v) is 1.06. The molecule has 4 radical (unpaired) electrons. The molecule has 0 heterocycles. The van der Waals surface area contributed by atoms with Gasteiger partial charge < -0.3 is 26.8 Å². The first-order chi connectivity index (χ1) is 6.70. The van der Waals surface area contributed by atoms with Crippen LogP contribution < -0.4 is 18.9 Å². The van der Waals surface area contributed by atoms with Gasteiger partial charge in [-0.15, -0.1) is 0 Å². The first kappa shape index (κ1) is 17.7. The number of carbonyl (C=O) groups is 2. The Balaban J connectivity index is 0. The van der Waals surface area contributed by atoms with E-state index in [4.69, 9.17) is 0 Å². The SMILES string of the molecule is COC(=O)c1ccccc1C(=O)OC.[Al-].[Li+]. The van der Waals surface area contributed by atoms with E-state index in [1.165, 1.54) is 26.4 Å². The van der Waals surface area contributed by atoms with E-state index in [1.54, 1.807) is 12.1 Å². The molecule has 0 aliphatic carbocycles. The van der Waals surface area contributed by atoms with Crippen molar-refractivity contribution in [1.82, 2.24) is 0 Å². The van der Waals surface area contributed by atoms with Crippen molar-refractivity contribution < 1.29 is 37.9 Å². The van der Waals surface area contributed by atoms with E-state index < -0.39 is 11.9 Å². The van der Waals surface area contributed by atoms with Crippen molar-refractivity contribution in [2.75, 3.05) is 14.2 Å². The van der Waals surface area contributed by atoms with Gasteiger partial charge in [0.25, 0.3) is 0 Å². The fourth-order valence-electron chi connectivity index (χ4n) is 1.06. The van der Waals surface area contributed by atoms with Crippen molar-refractivity contribution in [3.05, 3.63) is 35.4 Å². The molecule has 1 rings (SSSR count). The van der Waals surface area contributed by atoms with Crippen LogP contribution in [0, 0.1) is 0 Å². The second-order valence-corrected chi connectivity index (χ2v) is 2.53. The number of methoxy groups -OCH3 is 2. The molecule has 0 aliphatic heterocycles. The predicted octanol–water partition coefficient (Wildman–Crippen LogP) is -2.12. The molecule has 1 aromatic carbocycles. The third kappa shape index (κ3) is 4.04. The van der Waals surface area contributed by atoms with Gasteiger partial charge in [-0.25, -0.2) is 9.59 Å². The summed E-state index contributed by atoms with van der Waals surface area (Å²) in [6.45, 7) is 0. The van der Waals surface area contributed by atoms with Crippen LogP contribution in [0.15, 0.2) is 24.3 Å². The summed E-state index contributed by atoms with van der Waals surface area (Å²) in [5, 5.41) is 0. The number of hydrogen-bond donors (Lipinski definition) is 0. The number of ether oxygens (including phenoxy) is 2. The van der Waals surface area contributed by atoms with Gasteiger partial charge in [0.15, 0.2) is 0 Å². The Morgan fingerprint density at radius 1 is 0.938 bits per heavy atom. The van der Waals surface area contributed by atoms with E-state index in [1.807, 2.05) is 0 Å². The van der Waals surface area contributed by atoms with E-state index >= 15 is 0 Å². The zero-order chi connectivity index (χ0) is 10.6. The molecular formula is C10H10AlLiO4. The molecular weight excluding hydrogens is 218 g/mol. The molecule has 0 saturated carbocycles. The maximum absolute atomic E-state index is 11.2. The number of esters is 2. The smallest absolute Gasteiger partial charge is 1.00 e. The van der Waals surface area contributed by atoms with Crippen LogP contribution in [0.5, 0.6) is 0 Å². The van der Waals surface area contributed by atoms with Gasteiger partial charge in [0.1, 0.15) is 0 Å². The van der Waals surface area contributed by atoms with Gasteiger partial charge in [-0.3, -0.25) is 0 Å². The largest absolute Gasteiger partial charge is 1.00 e. The van der Waals surface area contributed by atoms with Gasteiger partial charge in [-0.05, 0) is 12.1 Å². The van der Waals surface area contributed by atoms with Crippen LogP contribution in [0.25, 0.3) is 0 Å². The maximum Gasteiger partial charge on any atom is 1.00 e. The van der Waals surface area contributed by atoms with Gasteiger partial charge in [-0.2, -0.15) is 0 Å². The number of hydrogen-bond acceptors (Lipinski definition) is 4. The number of carbonyl (C=O) groups excluding carboxylic acids is 2. The minimum atomic E-state index is -0.550. The van der Waals surface area contributed by atoms with Crippen molar-refractivity contribution in [3.63, 3.8) is 0 Å². The first-order valence-corrected chi connectivity index (χ1v) is 3.96. The van der Waals surface area contributed by atoms with Crippen LogP contribution in [0.1, 0.15) is 20.7 Å². The first-order valence-electron chi connectivity index (χ1n) is 3.96. The van der Waals surface area contributed by atoms with E-state index in [0.717, 1.165) is 0 Å². The Kier molecular flexibility index (Phi) is 9.33. The fraction of sp³-hybridized carbons (Fsp3) is 0.200. The van der Waals surface area contributed by atoms with Crippen molar-refractivity contribution in [2.45, 2.75) is 0 Å². The molecule has 0 N–H and O–H groups in total. The van der Waals surface area contributed by atoms with E-state index in [2.05, 4.69) is 9.47 Å². The van der Waals surface area contributed by atoms with Gasteiger partial charge in [0.2, 0.25) is 0 Å². The Hall–Kier alpha value is -0.710. The monoisotopic (exact) mass is 228 g/mol. The third-order valence-electron chi connectivity index (χ3n) is 1.74. The van der Waals surface area contributed by atoms with Gasteiger partial charge in [0, 0.05) is 0 Å². The van der Waals surface area contributed by atoms with Gasteiger partial charge >= 0.3 is 30.8 Å². The molecule has 0 aliphatic rings. The molecule has 0 aromatic heterocycles. The molecule has 0 saturated heterocycles. The summed E-state index contributed by atoms with van der Waals surface area (Å²) in [6.07, 6.45) is 0. The molecule has 6 heteroatoms. The molecule has 0 amide bonds. The average molecular weight is 228 g/mol.